The number of methoxy groups -OCH3 is 1. The van der Waals surface area contributed by atoms with Gasteiger partial charge in [-0.05, 0) is 26.3 Å². The Balaban J connectivity index is 2.44. The van der Waals surface area contributed by atoms with E-state index in [1.807, 2.05) is 34.9 Å². The van der Waals surface area contributed by atoms with Gasteiger partial charge in [0.2, 0.25) is 0 Å². The molecule has 0 aliphatic heterocycles. The third-order valence-corrected chi connectivity index (χ3v) is 2.87. The Morgan fingerprint density at radius 3 is 2.39 bits per heavy atom. The molecule has 0 spiro atoms. The summed E-state index contributed by atoms with van der Waals surface area (Å²) in [6.07, 6.45) is 1.57. The van der Waals surface area contributed by atoms with Crippen molar-refractivity contribution < 1.29 is 4.74 Å². The van der Waals surface area contributed by atoms with Gasteiger partial charge in [-0.15, -0.1) is 10.2 Å². The molecule has 0 radical (unpaired) electrons. The molecule has 0 saturated heterocycles. The minimum Gasteiger partial charge on any atom is -0.369 e. The zero-order chi connectivity index (χ0) is 13.2. The molecule has 1 aromatic carbocycles. The molecule has 2 aromatic rings. The molecule has 4 nitrogen and oxygen atoms in total. The molecule has 1 atom stereocenters. The van der Waals surface area contributed by atoms with Crippen molar-refractivity contribution >= 4 is 0 Å². The van der Waals surface area contributed by atoms with Gasteiger partial charge in [-0.2, -0.15) is 0 Å². The second-order valence-electron chi connectivity index (χ2n) is 5.26. The third-order valence-electron chi connectivity index (χ3n) is 2.87. The van der Waals surface area contributed by atoms with Gasteiger partial charge < -0.3 is 9.30 Å². The molecule has 0 N–H and O–H groups in total. The fraction of sp³-hybridized carbons (Fsp3) is 0.429. The minimum atomic E-state index is -0.187. The van der Waals surface area contributed by atoms with Crippen LogP contribution in [0.25, 0.3) is 0 Å². The average molecular weight is 245 g/mol. The van der Waals surface area contributed by atoms with Crippen molar-refractivity contribution in [2.45, 2.75) is 32.4 Å². The van der Waals surface area contributed by atoms with Crippen molar-refractivity contribution in [2.24, 2.45) is 0 Å². The summed E-state index contributed by atoms with van der Waals surface area (Å²) in [5.74, 6) is 0.830. The normalized spacial score (nSPS) is 13.6. The highest BCUT2D eigenvalue weighted by atomic mass is 16.5. The van der Waals surface area contributed by atoms with Crippen molar-refractivity contribution in [3.05, 3.63) is 48.0 Å². The monoisotopic (exact) mass is 245 g/mol. The predicted molar refractivity (Wildman–Crippen MR) is 70.3 cm³/mol. The van der Waals surface area contributed by atoms with Crippen molar-refractivity contribution in [3.63, 3.8) is 0 Å². The molecule has 0 aliphatic carbocycles. The SMILES string of the molecule is COC(c1ccccc1)c1nncn1C(C)(C)C. The molecule has 0 amide bonds. The number of nitrogens with zero attached hydrogens (tertiary/aromatic N) is 3. The van der Waals surface area contributed by atoms with Gasteiger partial charge in [0.15, 0.2) is 5.82 Å². The van der Waals surface area contributed by atoms with Crippen molar-refractivity contribution in [2.75, 3.05) is 7.11 Å². The zero-order valence-corrected chi connectivity index (χ0v) is 11.3. The number of hydrogen-bond donors (Lipinski definition) is 0. The maximum Gasteiger partial charge on any atom is 0.167 e. The summed E-state index contributed by atoms with van der Waals surface area (Å²) in [7, 11) is 1.69. The molecule has 0 saturated carbocycles. The lowest BCUT2D eigenvalue weighted by Crippen LogP contribution is -2.25. The molecule has 1 unspecified atom stereocenters. The van der Waals surface area contributed by atoms with Gasteiger partial charge in [0.05, 0.1) is 0 Å². The first kappa shape index (κ1) is 12.8. The Morgan fingerprint density at radius 1 is 1.17 bits per heavy atom. The van der Waals surface area contributed by atoms with Crippen LogP contribution in [0.2, 0.25) is 0 Å². The molecule has 4 heteroatoms. The lowest BCUT2D eigenvalue weighted by molar-refractivity contribution is 0.120. The van der Waals surface area contributed by atoms with Gasteiger partial charge in [-0.1, -0.05) is 30.3 Å². The number of rotatable bonds is 3. The van der Waals surface area contributed by atoms with E-state index in [9.17, 15) is 0 Å². The Bertz CT molecular complexity index is 499. The number of hydrogen-bond acceptors (Lipinski definition) is 3. The van der Waals surface area contributed by atoms with E-state index < -0.39 is 0 Å². The third kappa shape index (κ3) is 2.43. The Morgan fingerprint density at radius 2 is 1.83 bits per heavy atom. The molecule has 0 fully saturated rings. The average Bonchev–Trinajstić information content (AvgIpc) is 2.80. The lowest BCUT2D eigenvalue weighted by atomic mass is 10.1. The van der Waals surface area contributed by atoms with Crippen LogP contribution >= 0.6 is 0 Å². The summed E-state index contributed by atoms with van der Waals surface area (Å²) in [6.45, 7) is 6.37. The van der Waals surface area contributed by atoms with E-state index in [1.165, 1.54) is 0 Å². The van der Waals surface area contributed by atoms with Gasteiger partial charge in [0.25, 0.3) is 0 Å². The van der Waals surface area contributed by atoms with E-state index in [1.54, 1.807) is 13.4 Å². The molecule has 2 rings (SSSR count). The van der Waals surface area contributed by atoms with Crippen LogP contribution in [0, 0.1) is 0 Å². The highest BCUT2D eigenvalue weighted by Gasteiger charge is 2.25. The molecule has 1 heterocycles. The van der Waals surface area contributed by atoms with Gasteiger partial charge in [-0.25, -0.2) is 0 Å². The Kier molecular flexibility index (Phi) is 3.48. The Hall–Kier alpha value is -1.68. The predicted octanol–water partition coefficient (Wildman–Crippen LogP) is 2.77. The first-order valence-electron chi connectivity index (χ1n) is 6.02. The van der Waals surface area contributed by atoms with E-state index in [0.717, 1.165) is 11.4 Å². The lowest BCUT2D eigenvalue weighted by Gasteiger charge is -2.25. The second kappa shape index (κ2) is 4.90. The summed E-state index contributed by atoms with van der Waals surface area (Å²) < 4.78 is 7.64. The van der Waals surface area contributed by atoms with Crippen molar-refractivity contribution in [1.29, 1.82) is 0 Å². The highest BCUT2D eigenvalue weighted by Crippen LogP contribution is 2.27. The fourth-order valence-corrected chi connectivity index (χ4v) is 1.96. The van der Waals surface area contributed by atoms with Crippen molar-refractivity contribution in [3.8, 4) is 0 Å². The summed E-state index contributed by atoms with van der Waals surface area (Å²) in [5.41, 5.74) is 1.02. The number of ether oxygens (including phenoxy) is 1. The quantitative estimate of drug-likeness (QED) is 0.834. The summed E-state index contributed by atoms with van der Waals surface area (Å²) >= 11 is 0. The molecule has 1 aromatic heterocycles. The second-order valence-corrected chi connectivity index (χ2v) is 5.26. The van der Waals surface area contributed by atoms with Gasteiger partial charge in [-0.3, -0.25) is 0 Å². The Labute approximate surface area is 108 Å². The smallest absolute Gasteiger partial charge is 0.167 e. The maximum atomic E-state index is 5.59. The van der Waals surface area contributed by atoms with Crippen LogP contribution in [-0.2, 0) is 10.3 Å². The van der Waals surface area contributed by atoms with E-state index in [0.29, 0.717) is 0 Å². The minimum absolute atomic E-state index is 0.0651. The van der Waals surface area contributed by atoms with E-state index in [-0.39, 0.29) is 11.6 Å². The van der Waals surface area contributed by atoms with Crippen LogP contribution in [0.15, 0.2) is 36.7 Å². The molecule has 18 heavy (non-hydrogen) atoms. The van der Waals surface area contributed by atoms with E-state index in [2.05, 4.69) is 31.0 Å². The first-order valence-corrected chi connectivity index (χ1v) is 6.02. The van der Waals surface area contributed by atoms with E-state index in [4.69, 9.17) is 4.74 Å². The maximum absolute atomic E-state index is 5.59. The molecular formula is C14H19N3O. The fourth-order valence-electron chi connectivity index (χ4n) is 1.96. The highest BCUT2D eigenvalue weighted by molar-refractivity contribution is 5.23. The van der Waals surface area contributed by atoms with Crippen LogP contribution < -0.4 is 0 Å². The van der Waals surface area contributed by atoms with Gasteiger partial charge in [0, 0.05) is 12.6 Å². The summed E-state index contributed by atoms with van der Waals surface area (Å²) in [4.78, 5) is 0. The first-order chi connectivity index (χ1) is 8.54. The van der Waals surface area contributed by atoms with Crippen molar-refractivity contribution in [1.82, 2.24) is 14.8 Å². The molecule has 0 bridgehead atoms. The molecular weight excluding hydrogens is 226 g/mol. The molecule has 96 valence electrons. The zero-order valence-electron chi connectivity index (χ0n) is 11.3. The van der Waals surface area contributed by atoms with Crippen LogP contribution in [0.1, 0.15) is 38.3 Å². The topological polar surface area (TPSA) is 39.9 Å². The van der Waals surface area contributed by atoms with Crippen LogP contribution in [0.5, 0.6) is 0 Å². The van der Waals surface area contributed by atoms with Crippen LogP contribution in [0.4, 0.5) is 0 Å². The number of aromatic nitrogens is 3. The van der Waals surface area contributed by atoms with Crippen LogP contribution in [0.3, 0.4) is 0 Å². The standard InChI is InChI=1S/C14H19N3O/c1-14(2,3)17-10-15-16-13(17)12(18-4)11-8-6-5-7-9-11/h5-10,12H,1-4H3. The summed E-state index contributed by atoms with van der Waals surface area (Å²) in [6, 6.07) is 10.1. The van der Waals surface area contributed by atoms with Gasteiger partial charge in [0.1, 0.15) is 12.4 Å². The van der Waals surface area contributed by atoms with Gasteiger partial charge >= 0.3 is 0 Å². The number of benzene rings is 1. The largest absolute Gasteiger partial charge is 0.369 e. The summed E-state index contributed by atoms with van der Waals surface area (Å²) in [5, 5.41) is 8.23. The van der Waals surface area contributed by atoms with E-state index >= 15 is 0 Å². The van der Waals surface area contributed by atoms with Crippen LogP contribution in [-0.4, -0.2) is 21.9 Å². The molecule has 0 aliphatic rings.